The van der Waals surface area contributed by atoms with E-state index >= 15 is 0 Å². The van der Waals surface area contributed by atoms with Crippen LogP contribution >= 0.6 is 11.6 Å². The summed E-state index contributed by atoms with van der Waals surface area (Å²) < 4.78 is 0. The van der Waals surface area contributed by atoms with Crippen LogP contribution in [0.1, 0.15) is 35.4 Å². The maximum atomic E-state index is 5.91. The molecule has 0 amide bonds. The van der Waals surface area contributed by atoms with Crippen molar-refractivity contribution in [2.75, 3.05) is 13.1 Å². The third-order valence-corrected chi connectivity index (χ3v) is 4.64. The van der Waals surface area contributed by atoms with Gasteiger partial charge in [0, 0.05) is 11.6 Å². The van der Waals surface area contributed by atoms with Gasteiger partial charge in [-0.25, -0.2) is 0 Å². The van der Waals surface area contributed by atoms with Crippen LogP contribution in [-0.4, -0.2) is 13.1 Å². The van der Waals surface area contributed by atoms with Crippen molar-refractivity contribution >= 4 is 11.6 Å². The topological polar surface area (TPSA) is 12.0 Å². The molecule has 0 saturated heterocycles. The second-order valence-corrected chi connectivity index (χ2v) is 6.30. The molecule has 2 aromatic carbocycles. The predicted molar refractivity (Wildman–Crippen MR) is 90.1 cm³/mol. The van der Waals surface area contributed by atoms with Crippen molar-refractivity contribution in [1.29, 1.82) is 0 Å². The van der Waals surface area contributed by atoms with Crippen molar-refractivity contribution in [2.24, 2.45) is 0 Å². The van der Waals surface area contributed by atoms with Gasteiger partial charge in [0.25, 0.3) is 0 Å². The molecule has 1 atom stereocenters. The second-order valence-electron chi connectivity index (χ2n) is 5.87. The van der Waals surface area contributed by atoms with E-state index in [1.54, 1.807) is 11.1 Å². The third kappa shape index (κ3) is 3.87. The normalized spacial score (nSPS) is 17.5. The highest BCUT2D eigenvalue weighted by atomic mass is 35.5. The van der Waals surface area contributed by atoms with E-state index in [0.29, 0.717) is 5.92 Å². The third-order valence-electron chi connectivity index (χ3n) is 4.39. The van der Waals surface area contributed by atoms with E-state index in [1.165, 1.54) is 24.8 Å². The van der Waals surface area contributed by atoms with Crippen molar-refractivity contribution in [3.05, 3.63) is 70.2 Å². The van der Waals surface area contributed by atoms with E-state index in [-0.39, 0.29) is 0 Å². The largest absolute Gasteiger partial charge is 0.316 e. The van der Waals surface area contributed by atoms with Gasteiger partial charge in [-0.05, 0) is 67.0 Å². The van der Waals surface area contributed by atoms with Crippen LogP contribution in [0.4, 0.5) is 0 Å². The Morgan fingerprint density at radius 1 is 1.05 bits per heavy atom. The minimum Gasteiger partial charge on any atom is -0.316 e. The average Bonchev–Trinajstić information content (AvgIpc) is 2.53. The van der Waals surface area contributed by atoms with Gasteiger partial charge >= 0.3 is 0 Å². The summed E-state index contributed by atoms with van der Waals surface area (Å²) in [7, 11) is 0. The first-order valence-electron chi connectivity index (χ1n) is 7.86. The molecule has 0 aromatic heterocycles. The lowest BCUT2D eigenvalue weighted by Crippen LogP contribution is -2.26. The number of benzene rings is 2. The zero-order valence-corrected chi connectivity index (χ0v) is 13.1. The van der Waals surface area contributed by atoms with Gasteiger partial charge in [0.15, 0.2) is 0 Å². The van der Waals surface area contributed by atoms with Crippen LogP contribution < -0.4 is 5.32 Å². The highest BCUT2D eigenvalue weighted by Crippen LogP contribution is 2.30. The highest BCUT2D eigenvalue weighted by Gasteiger charge is 2.18. The Bertz CT molecular complexity index is 576. The Morgan fingerprint density at radius 2 is 1.86 bits per heavy atom. The van der Waals surface area contributed by atoms with Gasteiger partial charge < -0.3 is 5.32 Å². The Balaban J connectivity index is 1.49. The number of hydrogen-bond donors (Lipinski definition) is 1. The number of hydrogen-bond acceptors (Lipinski definition) is 1. The smallest absolute Gasteiger partial charge is 0.0406 e. The number of rotatable bonds is 5. The van der Waals surface area contributed by atoms with Gasteiger partial charge in [-0.2, -0.15) is 0 Å². The first kappa shape index (κ1) is 14.6. The maximum Gasteiger partial charge on any atom is 0.0406 e. The molecule has 0 fully saturated rings. The maximum absolute atomic E-state index is 5.91. The molecule has 1 aliphatic rings. The first-order chi connectivity index (χ1) is 10.3. The van der Waals surface area contributed by atoms with Crippen LogP contribution in [0, 0.1) is 0 Å². The van der Waals surface area contributed by atoms with Gasteiger partial charge in [-0.1, -0.05) is 48.0 Å². The lowest BCUT2D eigenvalue weighted by Gasteiger charge is -2.25. The fourth-order valence-electron chi connectivity index (χ4n) is 3.23. The van der Waals surface area contributed by atoms with Gasteiger partial charge in [0.1, 0.15) is 0 Å². The van der Waals surface area contributed by atoms with Crippen molar-refractivity contribution < 1.29 is 0 Å². The fourth-order valence-corrected chi connectivity index (χ4v) is 3.35. The van der Waals surface area contributed by atoms with E-state index in [2.05, 4.69) is 41.7 Å². The molecule has 1 unspecified atom stereocenters. The van der Waals surface area contributed by atoms with Crippen LogP contribution in [0.2, 0.25) is 5.02 Å². The summed E-state index contributed by atoms with van der Waals surface area (Å²) in [4.78, 5) is 0. The summed E-state index contributed by atoms with van der Waals surface area (Å²) in [6, 6.07) is 17.1. The molecule has 3 rings (SSSR count). The van der Waals surface area contributed by atoms with E-state index in [0.717, 1.165) is 24.5 Å². The van der Waals surface area contributed by atoms with Gasteiger partial charge in [0.05, 0.1) is 0 Å². The molecule has 0 heterocycles. The van der Waals surface area contributed by atoms with Gasteiger partial charge in [-0.15, -0.1) is 0 Å². The molecular weight excluding hydrogens is 278 g/mol. The molecule has 0 bridgehead atoms. The highest BCUT2D eigenvalue weighted by molar-refractivity contribution is 6.30. The summed E-state index contributed by atoms with van der Waals surface area (Å²) in [5, 5.41) is 4.44. The van der Waals surface area contributed by atoms with Crippen LogP contribution in [0.15, 0.2) is 48.5 Å². The van der Waals surface area contributed by atoms with Gasteiger partial charge in [0.2, 0.25) is 0 Å². The summed E-state index contributed by atoms with van der Waals surface area (Å²) in [5.41, 5.74) is 4.45. The van der Waals surface area contributed by atoms with Crippen molar-refractivity contribution in [1.82, 2.24) is 5.32 Å². The minimum atomic E-state index is 0.681. The molecule has 0 aliphatic heterocycles. The average molecular weight is 300 g/mol. The molecule has 1 aliphatic carbocycles. The second kappa shape index (κ2) is 7.11. The quantitative estimate of drug-likeness (QED) is 0.796. The molecule has 2 heteroatoms. The van der Waals surface area contributed by atoms with E-state index < -0.39 is 0 Å². The first-order valence-corrected chi connectivity index (χ1v) is 8.24. The van der Waals surface area contributed by atoms with E-state index in [4.69, 9.17) is 11.6 Å². The molecule has 0 spiro atoms. The number of fused-ring (bicyclic) bond motifs is 1. The molecule has 21 heavy (non-hydrogen) atoms. The molecule has 0 saturated carbocycles. The molecular formula is C19H22ClN. The summed E-state index contributed by atoms with van der Waals surface area (Å²) in [6.07, 6.45) is 4.94. The zero-order chi connectivity index (χ0) is 14.5. The summed E-state index contributed by atoms with van der Waals surface area (Å²) in [6.45, 7) is 2.12. The van der Waals surface area contributed by atoms with E-state index in [9.17, 15) is 0 Å². The fraction of sp³-hybridized carbons (Fsp3) is 0.368. The Labute approximate surface area is 132 Å². The lowest BCUT2D eigenvalue weighted by atomic mass is 9.83. The van der Waals surface area contributed by atoms with Crippen LogP contribution in [0.25, 0.3) is 0 Å². The minimum absolute atomic E-state index is 0.681. The lowest BCUT2D eigenvalue weighted by molar-refractivity contribution is 0.509. The van der Waals surface area contributed by atoms with Crippen molar-refractivity contribution in [3.8, 4) is 0 Å². The van der Waals surface area contributed by atoms with Gasteiger partial charge in [-0.3, -0.25) is 0 Å². The molecule has 110 valence electrons. The Morgan fingerprint density at radius 3 is 2.71 bits per heavy atom. The standard InChI is InChI=1S/C19H22ClN/c20-18-10-8-15(9-11-18)12-13-21-14-17-6-3-5-16-4-1-2-7-19(16)17/h1-2,4,7-11,17,21H,3,5-6,12-14H2. The van der Waals surface area contributed by atoms with E-state index in [1.807, 2.05) is 12.1 Å². The van der Waals surface area contributed by atoms with Crippen molar-refractivity contribution in [3.63, 3.8) is 0 Å². The zero-order valence-electron chi connectivity index (χ0n) is 12.3. The van der Waals surface area contributed by atoms with Crippen LogP contribution in [0.5, 0.6) is 0 Å². The molecule has 1 nitrogen and oxygen atoms in total. The van der Waals surface area contributed by atoms with Crippen LogP contribution in [0.3, 0.4) is 0 Å². The van der Waals surface area contributed by atoms with Crippen LogP contribution in [-0.2, 0) is 12.8 Å². The number of halogens is 1. The summed E-state index contributed by atoms with van der Waals surface area (Å²) in [5.74, 6) is 0.681. The predicted octanol–water partition coefficient (Wildman–Crippen LogP) is 4.59. The Hall–Kier alpha value is -1.31. The summed E-state index contributed by atoms with van der Waals surface area (Å²) >= 11 is 5.91. The molecule has 1 N–H and O–H groups in total. The number of nitrogens with one attached hydrogen (secondary N) is 1. The molecule has 0 radical (unpaired) electrons. The number of aryl methyl sites for hydroxylation is 1. The SMILES string of the molecule is Clc1ccc(CCNCC2CCCc3ccccc32)cc1. The Kier molecular flexibility index (Phi) is 4.95. The molecule has 2 aromatic rings. The monoisotopic (exact) mass is 299 g/mol. The van der Waals surface area contributed by atoms with Crippen molar-refractivity contribution in [2.45, 2.75) is 31.6 Å².